The van der Waals surface area contributed by atoms with Crippen LogP contribution in [0.1, 0.15) is 20.3 Å². The number of ether oxygens (including phenoxy) is 1. The lowest BCUT2D eigenvalue weighted by atomic mass is 9.99. The smallest absolute Gasteiger partial charge is 0.325 e. The van der Waals surface area contributed by atoms with Gasteiger partial charge in [-0.2, -0.15) is 0 Å². The molecule has 1 aromatic carbocycles. The van der Waals surface area contributed by atoms with Crippen LogP contribution in [-0.4, -0.2) is 41.9 Å². The molecule has 2 N–H and O–H groups in total. The zero-order valence-corrected chi connectivity index (χ0v) is 13.9. The number of hydrogen-bond donors (Lipinski definition) is 2. The highest BCUT2D eigenvalue weighted by Crippen LogP contribution is 2.28. The molecule has 0 spiro atoms. The number of anilines is 1. The zero-order valence-electron chi connectivity index (χ0n) is 13.1. The molecule has 1 unspecified atom stereocenters. The van der Waals surface area contributed by atoms with Gasteiger partial charge in [0.1, 0.15) is 17.8 Å². The number of urea groups is 1. The van der Waals surface area contributed by atoms with E-state index in [1.165, 1.54) is 13.2 Å². The molecule has 1 fully saturated rings. The first kappa shape index (κ1) is 17.1. The Hall–Kier alpha value is -2.28. The van der Waals surface area contributed by atoms with Crippen molar-refractivity contribution in [2.45, 2.75) is 25.8 Å². The second-order valence-electron chi connectivity index (χ2n) is 5.40. The molecule has 0 aromatic heterocycles. The molecular weight excluding hydrogens is 322 g/mol. The highest BCUT2D eigenvalue weighted by molar-refractivity contribution is 6.31. The van der Waals surface area contributed by atoms with E-state index in [2.05, 4.69) is 10.6 Å². The van der Waals surface area contributed by atoms with Crippen LogP contribution in [0.25, 0.3) is 0 Å². The minimum absolute atomic E-state index is 0.371. The Balaban J connectivity index is 2.10. The lowest BCUT2D eigenvalue weighted by Gasteiger charge is -2.19. The van der Waals surface area contributed by atoms with Crippen LogP contribution in [0.15, 0.2) is 18.2 Å². The number of carbonyl (C=O) groups excluding carboxylic acids is 3. The van der Waals surface area contributed by atoms with E-state index in [0.717, 1.165) is 4.90 Å². The number of methoxy groups -OCH3 is 1. The lowest BCUT2D eigenvalue weighted by Crippen LogP contribution is -2.44. The summed E-state index contributed by atoms with van der Waals surface area (Å²) in [5, 5.41) is 5.61. The van der Waals surface area contributed by atoms with Crippen molar-refractivity contribution in [3.63, 3.8) is 0 Å². The lowest BCUT2D eigenvalue weighted by molar-refractivity contribution is -0.133. The predicted molar refractivity (Wildman–Crippen MR) is 85.6 cm³/mol. The van der Waals surface area contributed by atoms with Gasteiger partial charge in [-0.3, -0.25) is 14.5 Å². The number of imide groups is 1. The van der Waals surface area contributed by atoms with E-state index in [4.69, 9.17) is 16.3 Å². The summed E-state index contributed by atoms with van der Waals surface area (Å²) < 4.78 is 5.13. The number of rotatable bonds is 5. The normalized spacial score (nSPS) is 20.4. The van der Waals surface area contributed by atoms with Gasteiger partial charge in [-0.05, 0) is 31.5 Å². The van der Waals surface area contributed by atoms with Crippen LogP contribution in [0.5, 0.6) is 5.75 Å². The fourth-order valence-electron chi connectivity index (χ4n) is 2.24. The van der Waals surface area contributed by atoms with Crippen molar-refractivity contribution in [2.75, 3.05) is 19.0 Å². The maximum absolute atomic E-state index is 12.3. The van der Waals surface area contributed by atoms with Gasteiger partial charge in [0.25, 0.3) is 5.91 Å². The van der Waals surface area contributed by atoms with Gasteiger partial charge in [-0.25, -0.2) is 4.79 Å². The number of nitrogens with zero attached hydrogens (tertiary/aromatic N) is 1. The molecule has 23 heavy (non-hydrogen) atoms. The highest BCUT2D eigenvalue weighted by atomic mass is 35.5. The predicted octanol–water partition coefficient (Wildman–Crippen LogP) is 2.01. The molecule has 4 amide bonds. The molecule has 1 aliphatic rings. The van der Waals surface area contributed by atoms with Crippen molar-refractivity contribution < 1.29 is 19.1 Å². The summed E-state index contributed by atoms with van der Waals surface area (Å²) in [6.45, 7) is 3.04. The molecule has 0 radical (unpaired) electrons. The standard InChI is InChI=1S/C15H18ClN3O4/c1-4-15(2)13(21)19(14(22)18-15)8-12(20)17-10-7-9(16)5-6-11(10)23-3/h5-7H,4,8H2,1-3H3,(H,17,20)(H,18,22). The summed E-state index contributed by atoms with van der Waals surface area (Å²) in [6, 6.07) is 4.19. The molecule has 1 atom stereocenters. The second-order valence-corrected chi connectivity index (χ2v) is 5.84. The highest BCUT2D eigenvalue weighted by Gasteiger charge is 2.46. The van der Waals surface area contributed by atoms with E-state index in [0.29, 0.717) is 22.9 Å². The molecule has 2 rings (SSSR count). The van der Waals surface area contributed by atoms with Crippen LogP contribution >= 0.6 is 11.6 Å². The van der Waals surface area contributed by atoms with Crippen LogP contribution in [0.4, 0.5) is 10.5 Å². The average Bonchev–Trinajstić information content (AvgIpc) is 2.71. The van der Waals surface area contributed by atoms with E-state index < -0.39 is 23.4 Å². The van der Waals surface area contributed by atoms with Crippen molar-refractivity contribution in [3.8, 4) is 5.75 Å². The fourth-order valence-corrected chi connectivity index (χ4v) is 2.41. The molecule has 1 saturated heterocycles. The largest absolute Gasteiger partial charge is 0.495 e. The van der Waals surface area contributed by atoms with Gasteiger partial charge in [0.05, 0.1) is 12.8 Å². The molecule has 0 saturated carbocycles. The third-order valence-electron chi connectivity index (χ3n) is 3.79. The third kappa shape index (κ3) is 3.39. The Kier molecular flexibility index (Phi) is 4.79. The fraction of sp³-hybridized carbons (Fsp3) is 0.400. The van der Waals surface area contributed by atoms with Gasteiger partial charge in [0, 0.05) is 5.02 Å². The first-order chi connectivity index (χ1) is 10.8. The van der Waals surface area contributed by atoms with Crippen LogP contribution in [0.3, 0.4) is 0 Å². The van der Waals surface area contributed by atoms with Crippen LogP contribution in [-0.2, 0) is 9.59 Å². The molecule has 0 aliphatic carbocycles. The number of hydrogen-bond acceptors (Lipinski definition) is 4. The SMILES string of the molecule is CCC1(C)NC(=O)N(CC(=O)Nc2cc(Cl)ccc2OC)C1=O. The van der Waals surface area contributed by atoms with Crippen molar-refractivity contribution in [1.29, 1.82) is 0 Å². The maximum Gasteiger partial charge on any atom is 0.325 e. The van der Waals surface area contributed by atoms with E-state index in [1.807, 2.05) is 0 Å². The quantitative estimate of drug-likeness (QED) is 0.803. The van der Waals surface area contributed by atoms with Crippen molar-refractivity contribution >= 4 is 35.1 Å². The summed E-state index contributed by atoms with van der Waals surface area (Å²) >= 11 is 5.89. The Bertz CT molecular complexity index is 664. The molecule has 1 aliphatic heterocycles. The van der Waals surface area contributed by atoms with Crippen LogP contribution < -0.4 is 15.4 Å². The molecule has 124 valence electrons. The van der Waals surface area contributed by atoms with E-state index >= 15 is 0 Å². The number of halogens is 1. The average molecular weight is 340 g/mol. The summed E-state index contributed by atoms with van der Waals surface area (Å²) in [5.74, 6) is -0.508. The van der Waals surface area contributed by atoms with Gasteiger partial charge in [-0.1, -0.05) is 18.5 Å². The number of amides is 4. The van der Waals surface area contributed by atoms with Crippen LogP contribution in [0, 0.1) is 0 Å². The molecule has 7 nitrogen and oxygen atoms in total. The maximum atomic E-state index is 12.3. The Labute approximate surface area is 138 Å². The third-order valence-corrected chi connectivity index (χ3v) is 4.02. The molecule has 1 aromatic rings. The zero-order chi connectivity index (χ0) is 17.2. The number of carbonyl (C=O) groups is 3. The summed E-state index contributed by atoms with van der Waals surface area (Å²) in [7, 11) is 1.46. The minimum Gasteiger partial charge on any atom is -0.495 e. The molecular formula is C15H18ClN3O4. The van der Waals surface area contributed by atoms with Gasteiger partial charge < -0.3 is 15.4 Å². The van der Waals surface area contributed by atoms with E-state index in [9.17, 15) is 14.4 Å². The summed E-state index contributed by atoms with van der Waals surface area (Å²) in [5.41, 5.74) is -0.596. The van der Waals surface area contributed by atoms with Crippen molar-refractivity contribution in [1.82, 2.24) is 10.2 Å². The molecule has 0 bridgehead atoms. The first-order valence-electron chi connectivity index (χ1n) is 7.08. The molecule has 1 heterocycles. The number of nitrogens with one attached hydrogen (secondary N) is 2. The van der Waals surface area contributed by atoms with E-state index in [1.54, 1.807) is 26.0 Å². The van der Waals surface area contributed by atoms with E-state index in [-0.39, 0.29) is 6.54 Å². The van der Waals surface area contributed by atoms with Crippen LogP contribution in [0.2, 0.25) is 5.02 Å². The van der Waals surface area contributed by atoms with Crippen molar-refractivity contribution in [2.24, 2.45) is 0 Å². The van der Waals surface area contributed by atoms with Gasteiger partial charge in [-0.15, -0.1) is 0 Å². The van der Waals surface area contributed by atoms with Crippen molar-refractivity contribution in [3.05, 3.63) is 23.2 Å². The number of benzene rings is 1. The van der Waals surface area contributed by atoms with Gasteiger partial charge in [0.15, 0.2) is 0 Å². The van der Waals surface area contributed by atoms with Gasteiger partial charge >= 0.3 is 6.03 Å². The second kappa shape index (κ2) is 6.45. The monoisotopic (exact) mass is 339 g/mol. The Morgan fingerprint density at radius 3 is 2.70 bits per heavy atom. The Morgan fingerprint density at radius 1 is 1.43 bits per heavy atom. The summed E-state index contributed by atoms with van der Waals surface area (Å²) in [6.07, 6.45) is 0.442. The summed E-state index contributed by atoms with van der Waals surface area (Å²) in [4.78, 5) is 37.2. The Morgan fingerprint density at radius 2 is 2.13 bits per heavy atom. The molecule has 8 heteroatoms. The van der Waals surface area contributed by atoms with Gasteiger partial charge in [0.2, 0.25) is 5.91 Å². The topological polar surface area (TPSA) is 87.7 Å². The minimum atomic E-state index is -0.967. The first-order valence-corrected chi connectivity index (χ1v) is 7.46.